The lowest BCUT2D eigenvalue weighted by molar-refractivity contribution is -0.138. The van der Waals surface area contributed by atoms with Gasteiger partial charge in [0.25, 0.3) is 0 Å². The first-order valence-corrected chi connectivity index (χ1v) is 8.47. The van der Waals surface area contributed by atoms with E-state index in [4.69, 9.17) is 5.73 Å². The highest BCUT2D eigenvalue weighted by Gasteiger charge is 2.36. The van der Waals surface area contributed by atoms with Gasteiger partial charge in [-0.05, 0) is 56.8 Å². The molecule has 1 fully saturated rings. The molecule has 1 unspecified atom stereocenters. The first kappa shape index (κ1) is 18.8. The quantitative estimate of drug-likeness (QED) is 0.879. The summed E-state index contributed by atoms with van der Waals surface area (Å²) in [5.74, 6) is 0.0822. The van der Waals surface area contributed by atoms with Gasteiger partial charge in [0.05, 0.1) is 11.6 Å². The molecule has 1 saturated carbocycles. The minimum Gasteiger partial charge on any atom is -0.336 e. The van der Waals surface area contributed by atoms with Crippen LogP contribution in [0.4, 0.5) is 13.2 Å². The third-order valence-corrected chi connectivity index (χ3v) is 5.07. The molecule has 0 heterocycles. The summed E-state index contributed by atoms with van der Waals surface area (Å²) in [7, 11) is 0. The molecule has 1 aromatic carbocycles. The van der Waals surface area contributed by atoms with E-state index in [0.717, 1.165) is 31.4 Å². The molecule has 0 saturated heterocycles. The molecule has 1 aliphatic carbocycles. The normalized spacial score (nSPS) is 22.4. The van der Waals surface area contributed by atoms with Crippen LogP contribution in [-0.2, 0) is 11.0 Å². The van der Waals surface area contributed by atoms with Crippen LogP contribution in [-0.4, -0.2) is 23.9 Å². The highest BCUT2D eigenvalue weighted by Crippen LogP contribution is 2.36. The van der Waals surface area contributed by atoms with Crippen molar-refractivity contribution in [2.24, 2.45) is 17.6 Å². The Hall–Kier alpha value is -1.56. The van der Waals surface area contributed by atoms with Gasteiger partial charge in [-0.2, -0.15) is 13.2 Å². The molecular weight excluding hydrogens is 317 g/mol. The monoisotopic (exact) mass is 342 g/mol. The maximum Gasteiger partial charge on any atom is 0.416 e. The van der Waals surface area contributed by atoms with Crippen LogP contribution in [0, 0.1) is 11.8 Å². The fourth-order valence-electron chi connectivity index (χ4n) is 3.63. The van der Waals surface area contributed by atoms with Crippen molar-refractivity contribution < 1.29 is 18.0 Å². The molecule has 0 spiro atoms. The summed E-state index contributed by atoms with van der Waals surface area (Å²) in [6, 6.07) is 4.82. The maximum absolute atomic E-state index is 12.9. The number of nitrogens with zero attached hydrogens (tertiary/aromatic N) is 1. The molecule has 3 nitrogen and oxygen atoms in total. The number of amides is 1. The Kier molecular flexibility index (Phi) is 5.91. The highest BCUT2D eigenvalue weighted by molar-refractivity contribution is 5.80. The number of hydrogen-bond acceptors (Lipinski definition) is 2. The lowest BCUT2D eigenvalue weighted by Gasteiger charge is -2.32. The molecule has 134 valence electrons. The first-order valence-electron chi connectivity index (χ1n) is 8.47. The van der Waals surface area contributed by atoms with Crippen molar-refractivity contribution in [3.8, 4) is 0 Å². The fraction of sp³-hybridized carbons (Fsp3) is 0.611. The van der Waals surface area contributed by atoms with Gasteiger partial charge in [-0.1, -0.05) is 18.6 Å². The summed E-state index contributed by atoms with van der Waals surface area (Å²) < 4.78 is 38.8. The molecule has 0 aromatic heterocycles. The topological polar surface area (TPSA) is 46.3 Å². The smallest absolute Gasteiger partial charge is 0.336 e. The van der Waals surface area contributed by atoms with Gasteiger partial charge in [-0.15, -0.1) is 0 Å². The number of benzene rings is 1. The summed E-state index contributed by atoms with van der Waals surface area (Å²) in [6.45, 7) is 4.58. The van der Waals surface area contributed by atoms with Gasteiger partial charge >= 0.3 is 6.18 Å². The first-order chi connectivity index (χ1) is 11.3. The molecule has 1 aliphatic rings. The number of alkyl halides is 3. The van der Waals surface area contributed by atoms with Gasteiger partial charge in [-0.3, -0.25) is 4.79 Å². The van der Waals surface area contributed by atoms with Crippen molar-refractivity contribution >= 4 is 5.91 Å². The Bertz CT molecular complexity index is 574. The second kappa shape index (κ2) is 7.55. The van der Waals surface area contributed by atoms with Gasteiger partial charge in [0.1, 0.15) is 0 Å². The van der Waals surface area contributed by atoms with Crippen molar-refractivity contribution in [1.82, 2.24) is 4.90 Å². The molecule has 6 heteroatoms. The van der Waals surface area contributed by atoms with E-state index >= 15 is 0 Å². The maximum atomic E-state index is 12.9. The zero-order valence-electron chi connectivity index (χ0n) is 14.1. The van der Waals surface area contributed by atoms with E-state index in [0.29, 0.717) is 18.7 Å². The van der Waals surface area contributed by atoms with Crippen LogP contribution in [0.3, 0.4) is 0 Å². The van der Waals surface area contributed by atoms with Crippen LogP contribution in [0.5, 0.6) is 0 Å². The van der Waals surface area contributed by atoms with Crippen molar-refractivity contribution in [3.63, 3.8) is 0 Å². The molecule has 3 atom stereocenters. The molecule has 0 aliphatic heterocycles. The highest BCUT2D eigenvalue weighted by atomic mass is 19.4. The fourth-order valence-corrected chi connectivity index (χ4v) is 3.63. The SMILES string of the molecule is CCN(C(=O)[C@@H]1CCC[C@@H]1CN)C(C)c1cccc(C(F)(F)F)c1. The third kappa shape index (κ3) is 3.91. The van der Waals surface area contributed by atoms with Crippen LogP contribution < -0.4 is 5.73 Å². The van der Waals surface area contributed by atoms with E-state index in [1.807, 2.05) is 6.92 Å². The summed E-state index contributed by atoms with van der Waals surface area (Å²) >= 11 is 0. The number of carbonyl (C=O) groups excluding carboxylic acids is 1. The molecule has 0 radical (unpaired) electrons. The predicted octanol–water partition coefficient (Wildman–Crippen LogP) is 3.99. The number of rotatable bonds is 5. The van der Waals surface area contributed by atoms with Crippen molar-refractivity contribution in [1.29, 1.82) is 0 Å². The third-order valence-electron chi connectivity index (χ3n) is 5.07. The van der Waals surface area contributed by atoms with Crippen LogP contribution in [0.2, 0.25) is 0 Å². The average Bonchev–Trinajstić information content (AvgIpc) is 3.03. The zero-order chi connectivity index (χ0) is 17.9. The Morgan fingerprint density at radius 2 is 2.08 bits per heavy atom. The van der Waals surface area contributed by atoms with Crippen LogP contribution in [0.1, 0.15) is 50.3 Å². The minimum absolute atomic E-state index is 0.00959. The van der Waals surface area contributed by atoms with Gasteiger partial charge in [0.15, 0.2) is 0 Å². The molecular formula is C18H25F3N2O. The molecule has 1 amide bonds. The average molecular weight is 342 g/mol. The Labute approximate surface area is 141 Å². The molecule has 2 N–H and O–H groups in total. The van der Waals surface area contributed by atoms with E-state index in [9.17, 15) is 18.0 Å². The summed E-state index contributed by atoms with van der Waals surface area (Å²) in [6.07, 6.45) is -1.64. The number of hydrogen-bond donors (Lipinski definition) is 1. The standard InChI is InChI=1S/C18H25F3N2O/c1-3-23(17(24)16-9-5-7-14(16)11-22)12(2)13-6-4-8-15(10-13)18(19,20)21/h4,6,8,10,12,14,16H,3,5,7,9,11,22H2,1-2H3/t12?,14-,16-/m1/s1. The van der Waals surface area contributed by atoms with Crippen molar-refractivity contribution in [2.75, 3.05) is 13.1 Å². The van der Waals surface area contributed by atoms with E-state index in [2.05, 4.69) is 0 Å². The summed E-state index contributed by atoms with van der Waals surface area (Å²) in [5.41, 5.74) is 5.58. The van der Waals surface area contributed by atoms with E-state index < -0.39 is 17.8 Å². The molecule has 1 aromatic rings. The van der Waals surface area contributed by atoms with Gasteiger partial charge in [-0.25, -0.2) is 0 Å². The number of nitrogens with two attached hydrogens (primary N) is 1. The van der Waals surface area contributed by atoms with Crippen molar-refractivity contribution in [2.45, 2.75) is 45.3 Å². The van der Waals surface area contributed by atoms with Crippen LogP contribution in [0.15, 0.2) is 24.3 Å². The van der Waals surface area contributed by atoms with Crippen LogP contribution in [0.25, 0.3) is 0 Å². The number of halogens is 3. The predicted molar refractivity (Wildman–Crippen MR) is 87.1 cm³/mol. The van der Waals surface area contributed by atoms with Gasteiger partial charge in [0, 0.05) is 12.5 Å². The van der Waals surface area contributed by atoms with Crippen LogP contribution >= 0.6 is 0 Å². The van der Waals surface area contributed by atoms with Gasteiger partial charge < -0.3 is 10.6 Å². The van der Waals surface area contributed by atoms with E-state index in [-0.39, 0.29) is 17.7 Å². The molecule has 0 bridgehead atoms. The lowest BCUT2D eigenvalue weighted by atomic mass is 9.93. The van der Waals surface area contributed by atoms with E-state index in [1.165, 1.54) is 6.07 Å². The second-order valence-electron chi connectivity index (χ2n) is 6.46. The van der Waals surface area contributed by atoms with Crippen molar-refractivity contribution in [3.05, 3.63) is 35.4 Å². The minimum atomic E-state index is -4.38. The Morgan fingerprint density at radius 3 is 2.67 bits per heavy atom. The summed E-state index contributed by atoms with van der Waals surface area (Å²) in [5, 5.41) is 0. The lowest BCUT2D eigenvalue weighted by Crippen LogP contribution is -2.40. The Balaban J connectivity index is 2.22. The molecule has 24 heavy (non-hydrogen) atoms. The number of carbonyl (C=O) groups is 1. The zero-order valence-corrected chi connectivity index (χ0v) is 14.1. The molecule has 2 rings (SSSR count). The largest absolute Gasteiger partial charge is 0.416 e. The second-order valence-corrected chi connectivity index (χ2v) is 6.46. The Morgan fingerprint density at radius 1 is 1.38 bits per heavy atom. The summed E-state index contributed by atoms with van der Waals surface area (Å²) in [4.78, 5) is 14.6. The van der Waals surface area contributed by atoms with E-state index in [1.54, 1.807) is 17.9 Å². The van der Waals surface area contributed by atoms with Gasteiger partial charge in [0.2, 0.25) is 5.91 Å².